The van der Waals surface area contributed by atoms with Crippen LogP contribution in [0.1, 0.15) is 24.1 Å². The Balaban J connectivity index is 2.36. The Hall–Kier alpha value is -1.50. The summed E-state index contributed by atoms with van der Waals surface area (Å²) in [5, 5.41) is 1.39. The number of rotatable bonds is 4. The lowest BCUT2D eigenvalue weighted by Crippen LogP contribution is -1.95. The largest absolute Gasteiger partial charge is 0.348 e. The summed E-state index contributed by atoms with van der Waals surface area (Å²) in [4.78, 5) is 0. The fourth-order valence-corrected chi connectivity index (χ4v) is 2.23. The van der Waals surface area contributed by atoms with E-state index >= 15 is 0 Å². The molecule has 1 heteroatoms. The van der Waals surface area contributed by atoms with E-state index in [1.54, 1.807) is 0 Å². The van der Waals surface area contributed by atoms with Gasteiger partial charge in [0.2, 0.25) is 0 Å². The molecule has 1 aromatic carbocycles. The van der Waals surface area contributed by atoms with Gasteiger partial charge in [0, 0.05) is 23.6 Å². The minimum atomic E-state index is 1.10. The molecule has 2 aromatic rings. The minimum Gasteiger partial charge on any atom is -0.348 e. The first-order valence-corrected chi connectivity index (χ1v) is 5.89. The van der Waals surface area contributed by atoms with Gasteiger partial charge in [0.25, 0.3) is 0 Å². The molecule has 0 fully saturated rings. The molecule has 0 bridgehead atoms. The average Bonchev–Trinajstić information content (AvgIpc) is 2.59. The van der Waals surface area contributed by atoms with Crippen LogP contribution in [-0.4, -0.2) is 4.57 Å². The van der Waals surface area contributed by atoms with Gasteiger partial charge in [-0.15, -0.1) is 6.58 Å². The maximum Gasteiger partial charge on any atom is 0.0482 e. The standard InChI is InChI=1S/C15H19N/c1-4-5-6-9-13-11-14-12(2)8-7-10-15(14)16(13)3/h4,7-8,10-11H,1,5-6,9H2,2-3H3. The van der Waals surface area contributed by atoms with Crippen LogP contribution in [0.25, 0.3) is 10.9 Å². The van der Waals surface area contributed by atoms with Gasteiger partial charge in [-0.05, 0) is 43.9 Å². The zero-order valence-electron chi connectivity index (χ0n) is 10.2. The van der Waals surface area contributed by atoms with Crippen LogP contribution in [0.15, 0.2) is 36.9 Å². The van der Waals surface area contributed by atoms with Crippen molar-refractivity contribution in [1.29, 1.82) is 0 Å². The van der Waals surface area contributed by atoms with Crippen molar-refractivity contribution in [2.45, 2.75) is 26.2 Å². The topological polar surface area (TPSA) is 4.93 Å². The second-order valence-corrected chi connectivity index (χ2v) is 4.38. The molecule has 16 heavy (non-hydrogen) atoms. The third kappa shape index (κ3) is 1.90. The predicted molar refractivity (Wildman–Crippen MR) is 70.8 cm³/mol. The molecule has 84 valence electrons. The lowest BCUT2D eigenvalue weighted by molar-refractivity contribution is 0.770. The van der Waals surface area contributed by atoms with Gasteiger partial charge < -0.3 is 4.57 Å². The molecule has 1 heterocycles. The molecule has 2 rings (SSSR count). The van der Waals surface area contributed by atoms with E-state index in [0.29, 0.717) is 0 Å². The molecule has 0 aliphatic heterocycles. The van der Waals surface area contributed by atoms with Crippen LogP contribution in [-0.2, 0) is 13.5 Å². The molecule has 1 nitrogen and oxygen atoms in total. The third-order valence-corrected chi connectivity index (χ3v) is 3.25. The van der Waals surface area contributed by atoms with E-state index in [2.05, 4.69) is 49.4 Å². The molecule has 0 amide bonds. The Kier molecular flexibility index (Phi) is 3.14. The zero-order valence-corrected chi connectivity index (χ0v) is 10.2. The van der Waals surface area contributed by atoms with Crippen molar-refractivity contribution < 1.29 is 0 Å². The number of allylic oxidation sites excluding steroid dienone is 1. The molecule has 0 saturated carbocycles. The van der Waals surface area contributed by atoms with Gasteiger partial charge in [-0.25, -0.2) is 0 Å². The normalized spacial score (nSPS) is 10.9. The highest BCUT2D eigenvalue weighted by atomic mass is 14.9. The molecule has 0 saturated heterocycles. The van der Waals surface area contributed by atoms with Crippen LogP contribution >= 0.6 is 0 Å². The second-order valence-electron chi connectivity index (χ2n) is 4.38. The van der Waals surface area contributed by atoms with Gasteiger partial charge >= 0.3 is 0 Å². The third-order valence-electron chi connectivity index (χ3n) is 3.25. The molecule has 1 aromatic heterocycles. The summed E-state index contributed by atoms with van der Waals surface area (Å²) in [6.45, 7) is 5.94. The van der Waals surface area contributed by atoms with Crippen LogP contribution in [0.2, 0.25) is 0 Å². The van der Waals surface area contributed by atoms with Gasteiger partial charge in [-0.2, -0.15) is 0 Å². The van der Waals surface area contributed by atoms with Crippen molar-refractivity contribution in [3.63, 3.8) is 0 Å². The first-order chi connectivity index (χ1) is 7.74. The van der Waals surface area contributed by atoms with Crippen molar-refractivity contribution >= 4 is 10.9 Å². The second kappa shape index (κ2) is 4.56. The lowest BCUT2D eigenvalue weighted by atomic mass is 10.1. The van der Waals surface area contributed by atoms with Crippen LogP contribution < -0.4 is 0 Å². The quantitative estimate of drug-likeness (QED) is 0.534. The summed E-state index contributed by atoms with van der Waals surface area (Å²) >= 11 is 0. The highest BCUT2D eigenvalue weighted by Crippen LogP contribution is 2.23. The Labute approximate surface area is 97.4 Å². The summed E-state index contributed by atoms with van der Waals surface area (Å²) in [7, 11) is 2.16. The molecular formula is C15H19N. The highest BCUT2D eigenvalue weighted by Gasteiger charge is 2.06. The first-order valence-electron chi connectivity index (χ1n) is 5.89. The number of hydrogen-bond acceptors (Lipinski definition) is 0. The molecule has 0 aliphatic carbocycles. The Bertz CT molecular complexity index is 505. The lowest BCUT2D eigenvalue weighted by Gasteiger charge is -2.03. The smallest absolute Gasteiger partial charge is 0.0482 e. The first kappa shape index (κ1) is 11.0. The number of aromatic nitrogens is 1. The van der Waals surface area contributed by atoms with Crippen molar-refractivity contribution in [2.75, 3.05) is 0 Å². The van der Waals surface area contributed by atoms with Crippen molar-refractivity contribution in [2.24, 2.45) is 7.05 Å². The fourth-order valence-electron chi connectivity index (χ4n) is 2.23. The van der Waals surface area contributed by atoms with Gasteiger partial charge in [0.15, 0.2) is 0 Å². The number of hydrogen-bond donors (Lipinski definition) is 0. The van der Waals surface area contributed by atoms with Gasteiger partial charge in [-0.1, -0.05) is 18.2 Å². The zero-order chi connectivity index (χ0) is 11.5. The molecule has 0 N–H and O–H groups in total. The predicted octanol–water partition coefficient (Wildman–Crippen LogP) is 4.00. The van der Waals surface area contributed by atoms with E-state index in [1.165, 1.54) is 28.6 Å². The minimum absolute atomic E-state index is 1.10. The Morgan fingerprint density at radius 2 is 2.19 bits per heavy atom. The fraction of sp³-hybridized carbons (Fsp3) is 0.333. The number of aryl methyl sites for hydroxylation is 3. The maximum absolute atomic E-state index is 3.76. The molecule has 0 spiro atoms. The monoisotopic (exact) mass is 213 g/mol. The summed E-state index contributed by atoms with van der Waals surface area (Å²) < 4.78 is 2.31. The van der Waals surface area contributed by atoms with Gasteiger partial charge in [0.05, 0.1) is 0 Å². The number of unbranched alkanes of at least 4 members (excludes halogenated alkanes) is 1. The maximum atomic E-state index is 3.76. The molecule has 0 aliphatic rings. The molecule has 0 radical (unpaired) electrons. The van der Waals surface area contributed by atoms with Gasteiger partial charge in [-0.3, -0.25) is 0 Å². The molecule has 0 unspecified atom stereocenters. The van der Waals surface area contributed by atoms with Crippen LogP contribution in [0.3, 0.4) is 0 Å². The van der Waals surface area contributed by atoms with Crippen molar-refractivity contribution in [3.8, 4) is 0 Å². The summed E-state index contributed by atoms with van der Waals surface area (Å²) in [5.41, 5.74) is 4.13. The van der Waals surface area contributed by atoms with E-state index in [0.717, 1.165) is 12.8 Å². The van der Waals surface area contributed by atoms with Crippen molar-refractivity contribution in [1.82, 2.24) is 4.57 Å². The van der Waals surface area contributed by atoms with Crippen LogP contribution in [0.5, 0.6) is 0 Å². The summed E-state index contributed by atoms with van der Waals surface area (Å²) in [6, 6.07) is 8.83. The Morgan fingerprint density at radius 1 is 1.38 bits per heavy atom. The molecular weight excluding hydrogens is 194 g/mol. The van der Waals surface area contributed by atoms with Gasteiger partial charge in [0.1, 0.15) is 0 Å². The number of nitrogens with zero attached hydrogens (tertiary/aromatic N) is 1. The number of fused-ring (bicyclic) bond motifs is 1. The SMILES string of the molecule is C=CCCCc1cc2c(C)cccc2n1C. The van der Waals surface area contributed by atoms with E-state index in [1.807, 2.05) is 6.08 Å². The summed E-state index contributed by atoms with van der Waals surface area (Å²) in [6.07, 6.45) is 5.41. The number of benzene rings is 1. The van der Waals surface area contributed by atoms with E-state index in [4.69, 9.17) is 0 Å². The average molecular weight is 213 g/mol. The van der Waals surface area contributed by atoms with E-state index in [9.17, 15) is 0 Å². The van der Waals surface area contributed by atoms with Crippen LogP contribution in [0, 0.1) is 6.92 Å². The molecule has 0 atom stereocenters. The highest BCUT2D eigenvalue weighted by molar-refractivity contribution is 5.84. The van der Waals surface area contributed by atoms with E-state index < -0.39 is 0 Å². The van der Waals surface area contributed by atoms with Crippen molar-refractivity contribution in [3.05, 3.63) is 48.2 Å². The van der Waals surface area contributed by atoms with Crippen LogP contribution in [0.4, 0.5) is 0 Å². The van der Waals surface area contributed by atoms with E-state index in [-0.39, 0.29) is 0 Å². The Morgan fingerprint density at radius 3 is 2.88 bits per heavy atom. The summed E-state index contributed by atoms with van der Waals surface area (Å²) in [5.74, 6) is 0.